The smallest absolute Gasteiger partial charge is 0.322 e. The highest BCUT2D eigenvalue weighted by Gasteiger charge is 2.10. The second-order valence-corrected chi connectivity index (χ2v) is 4.77. The topological polar surface area (TPSA) is 61.0 Å². The van der Waals surface area contributed by atoms with Gasteiger partial charge in [0, 0.05) is 12.7 Å². The first-order valence-corrected chi connectivity index (χ1v) is 6.67. The van der Waals surface area contributed by atoms with Crippen molar-refractivity contribution < 1.29 is 4.74 Å². The van der Waals surface area contributed by atoms with Gasteiger partial charge in [0.05, 0.1) is 5.69 Å². The van der Waals surface area contributed by atoms with E-state index in [0.717, 1.165) is 17.9 Å². The fraction of sp³-hybridized carbons (Fsp3) is 0.333. The lowest BCUT2D eigenvalue weighted by Crippen LogP contribution is -2.04. The van der Waals surface area contributed by atoms with Gasteiger partial charge < -0.3 is 10.5 Å². The third-order valence-electron chi connectivity index (χ3n) is 3.43. The SMILES string of the molecule is NCc1ccnc(Oc2ccc3c(c2)CCCC3)n1. The van der Waals surface area contributed by atoms with Gasteiger partial charge in [-0.3, -0.25) is 0 Å². The van der Waals surface area contributed by atoms with Gasteiger partial charge in [0.15, 0.2) is 0 Å². The molecule has 0 atom stereocenters. The average Bonchev–Trinajstić information content (AvgIpc) is 2.47. The molecule has 0 aliphatic heterocycles. The first-order valence-electron chi connectivity index (χ1n) is 6.67. The fourth-order valence-corrected chi connectivity index (χ4v) is 2.42. The molecule has 3 rings (SSSR count). The molecule has 0 saturated carbocycles. The summed E-state index contributed by atoms with van der Waals surface area (Å²) in [6.45, 7) is 0.392. The molecule has 1 aromatic heterocycles. The number of aromatic nitrogens is 2. The molecule has 1 aliphatic rings. The molecular weight excluding hydrogens is 238 g/mol. The van der Waals surface area contributed by atoms with Gasteiger partial charge in [0.25, 0.3) is 0 Å². The van der Waals surface area contributed by atoms with Crippen LogP contribution in [0.5, 0.6) is 11.8 Å². The molecule has 0 bridgehead atoms. The van der Waals surface area contributed by atoms with Crippen molar-refractivity contribution in [1.29, 1.82) is 0 Å². The number of fused-ring (bicyclic) bond motifs is 1. The first-order chi connectivity index (χ1) is 9.35. The van der Waals surface area contributed by atoms with Gasteiger partial charge in [-0.1, -0.05) is 6.07 Å². The van der Waals surface area contributed by atoms with Crippen LogP contribution in [0, 0.1) is 0 Å². The first kappa shape index (κ1) is 12.1. The van der Waals surface area contributed by atoms with Crippen molar-refractivity contribution in [2.75, 3.05) is 0 Å². The van der Waals surface area contributed by atoms with Gasteiger partial charge in [-0.25, -0.2) is 4.98 Å². The van der Waals surface area contributed by atoms with Gasteiger partial charge in [0.2, 0.25) is 0 Å². The minimum atomic E-state index is 0.360. The number of hydrogen-bond donors (Lipinski definition) is 1. The largest absolute Gasteiger partial charge is 0.424 e. The van der Waals surface area contributed by atoms with Crippen molar-refractivity contribution in [3.63, 3.8) is 0 Å². The van der Waals surface area contributed by atoms with E-state index in [1.807, 2.05) is 6.07 Å². The third kappa shape index (κ3) is 2.74. The van der Waals surface area contributed by atoms with Gasteiger partial charge in [-0.2, -0.15) is 4.98 Å². The van der Waals surface area contributed by atoms with Gasteiger partial charge in [0.1, 0.15) is 5.75 Å². The Kier molecular flexibility index (Phi) is 3.42. The van der Waals surface area contributed by atoms with Crippen molar-refractivity contribution in [3.05, 3.63) is 47.3 Å². The fourth-order valence-electron chi connectivity index (χ4n) is 2.42. The number of aryl methyl sites for hydroxylation is 2. The molecular formula is C15H17N3O. The van der Waals surface area contributed by atoms with Crippen molar-refractivity contribution in [3.8, 4) is 11.8 Å². The van der Waals surface area contributed by atoms with Crippen LogP contribution in [0.4, 0.5) is 0 Å². The molecule has 19 heavy (non-hydrogen) atoms. The Bertz CT molecular complexity index is 583. The summed E-state index contributed by atoms with van der Waals surface area (Å²) in [5.74, 6) is 0.801. The van der Waals surface area contributed by atoms with Crippen molar-refractivity contribution in [1.82, 2.24) is 9.97 Å². The van der Waals surface area contributed by atoms with Crippen molar-refractivity contribution >= 4 is 0 Å². The minimum Gasteiger partial charge on any atom is -0.424 e. The monoisotopic (exact) mass is 255 g/mol. The summed E-state index contributed by atoms with van der Waals surface area (Å²) >= 11 is 0. The second-order valence-electron chi connectivity index (χ2n) is 4.77. The minimum absolute atomic E-state index is 0.360. The van der Waals surface area contributed by atoms with E-state index >= 15 is 0 Å². The predicted molar refractivity (Wildman–Crippen MR) is 73.1 cm³/mol. The Balaban J connectivity index is 1.82. The Labute approximate surface area is 112 Å². The lowest BCUT2D eigenvalue weighted by Gasteiger charge is -2.16. The van der Waals surface area contributed by atoms with Crippen LogP contribution in [-0.4, -0.2) is 9.97 Å². The normalized spacial score (nSPS) is 13.9. The number of nitrogens with zero attached hydrogens (tertiary/aromatic N) is 2. The molecule has 2 aromatic rings. The van der Waals surface area contributed by atoms with Gasteiger partial charge in [-0.05, 0) is 55.0 Å². The summed E-state index contributed by atoms with van der Waals surface area (Å²) in [7, 11) is 0. The highest BCUT2D eigenvalue weighted by atomic mass is 16.5. The number of ether oxygens (including phenoxy) is 1. The molecule has 98 valence electrons. The van der Waals surface area contributed by atoms with E-state index in [1.165, 1.54) is 30.4 Å². The summed E-state index contributed by atoms with van der Waals surface area (Å²) in [4.78, 5) is 8.35. The average molecular weight is 255 g/mol. The van der Waals surface area contributed by atoms with Crippen LogP contribution in [0.25, 0.3) is 0 Å². The maximum Gasteiger partial charge on any atom is 0.322 e. The Hall–Kier alpha value is -1.94. The van der Waals surface area contributed by atoms with E-state index in [2.05, 4.69) is 22.1 Å². The van der Waals surface area contributed by atoms with Gasteiger partial charge in [-0.15, -0.1) is 0 Å². The number of rotatable bonds is 3. The van der Waals surface area contributed by atoms with E-state index in [1.54, 1.807) is 12.3 Å². The summed E-state index contributed by atoms with van der Waals surface area (Å²) in [6, 6.07) is 8.39. The highest BCUT2D eigenvalue weighted by Crippen LogP contribution is 2.27. The quantitative estimate of drug-likeness (QED) is 0.915. The molecule has 4 nitrogen and oxygen atoms in total. The molecule has 1 aliphatic carbocycles. The Morgan fingerprint density at radius 3 is 2.79 bits per heavy atom. The van der Waals surface area contributed by atoms with Crippen molar-refractivity contribution in [2.24, 2.45) is 5.73 Å². The maximum atomic E-state index is 5.71. The zero-order chi connectivity index (χ0) is 13.1. The van der Waals surface area contributed by atoms with Crippen LogP contribution in [0.2, 0.25) is 0 Å². The Morgan fingerprint density at radius 1 is 1.11 bits per heavy atom. The van der Waals surface area contributed by atoms with E-state index in [-0.39, 0.29) is 0 Å². The van der Waals surface area contributed by atoms with Crippen molar-refractivity contribution in [2.45, 2.75) is 32.2 Å². The molecule has 1 heterocycles. The molecule has 0 unspecified atom stereocenters. The van der Waals surface area contributed by atoms with E-state index in [9.17, 15) is 0 Å². The van der Waals surface area contributed by atoms with E-state index in [4.69, 9.17) is 10.5 Å². The van der Waals surface area contributed by atoms with Crippen LogP contribution < -0.4 is 10.5 Å². The number of hydrogen-bond acceptors (Lipinski definition) is 4. The molecule has 0 radical (unpaired) electrons. The number of benzene rings is 1. The van der Waals surface area contributed by atoms with Crippen LogP contribution >= 0.6 is 0 Å². The molecule has 2 N–H and O–H groups in total. The van der Waals surface area contributed by atoms with Crippen LogP contribution in [-0.2, 0) is 19.4 Å². The molecule has 1 aromatic carbocycles. The zero-order valence-corrected chi connectivity index (χ0v) is 10.8. The molecule has 0 saturated heterocycles. The van der Waals surface area contributed by atoms with Gasteiger partial charge >= 0.3 is 6.01 Å². The summed E-state index contributed by atoms with van der Waals surface area (Å²) in [5.41, 5.74) is 9.17. The molecule has 0 spiro atoms. The molecule has 0 fully saturated rings. The zero-order valence-electron chi connectivity index (χ0n) is 10.8. The van der Waals surface area contributed by atoms with Crippen LogP contribution in [0.3, 0.4) is 0 Å². The maximum absolute atomic E-state index is 5.71. The van der Waals surface area contributed by atoms with Crippen LogP contribution in [0.15, 0.2) is 30.5 Å². The highest BCUT2D eigenvalue weighted by molar-refractivity contribution is 5.38. The standard InChI is InChI=1S/C15H17N3O/c16-10-13-7-8-17-15(18-13)19-14-6-5-11-3-1-2-4-12(11)9-14/h5-9H,1-4,10,16H2. The summed E-state index contributed by atoms with van der Waals surface area (Å²) < 4.78 is 5.71. The lowest BCUT2D eigenvalue weighted by atomic mass is 9.92. The Morgan fingerprint density at radius 2 is 1.95 bits per heavy atom. The second kappa shape index (κ2) is 5.36. The molecule has 4 heteroatoms. The molecule has 0 amide bonds. The number of nitrogens with two attached hydrogens (primary N) is 1. The third-order valence-corrected chi connectivity index (χ3v) is 3.43. The predicted octanol–water partition coefficient (Wildman–Crippen LogP) is 2.61. The lowest BCUT2D eigenvalue weighted by molar-refractivity contribution is 0.438. The van der Waals surface area contributed by atoms with Crippen LogP contribution in [0.1, 0.15) is 29.7 Å². The van der Waals surface area contributed by atoms with E-state index < -0.39 is 0 Å². The summed E-state index contributed by atoms with van der Waals surface area (Å²) in [6.07, 6.45) is 6.53. The summed E-state index contributed by atoms with van der Waals surface area (Å²) in [5, 5.41) is 0. The van der Waals surface area contributed by atoms with E-state index in [0.29, 0.717) is 12.6 Å².